The fourth-order valence-electron chi connectivity index (χ4n) is 3.52. The van der Waals surface area contributed by atoms with E-state index in [-0.39, 0.29) is 5.91 Å². The van der Waals surface area contributed by atoms with Crippen LogP contribution in [0, 0.1) is 0 Å². The quantitative estimate of drug-likeness (QED) is 0.182. The van der Waals surface area contributed by atoms with Gasteiger partial charge >= 0.3 is 0 Å². The number of hydrogen-bond acceptors (Lipinski definition) is 8. The van der Waals surface area contributed by atoms with Crippen LogP contribution < -0.4 is 16.1 Å². The number of morpholine rings is 1. The van der Waals surface area contributed by atoms with Crippen LogP contribution >= 0.6 is 12.6 Å². The average molecular weight is 467 g/mol. The van der Waals surface area contributed by atoms with E-state index >= 15 is 0 Å². The van der Waals surface area contributed by atoms with Crippen LogP contribution in [0.25, 0.3) is 17.5 Å². The Balaban J connectivity index is 1.95. The maximum atomic E-state index is 12.2. The summed E-state index contributed by atoms with van der Waals surface area (Å²) < 4.78 is 5.50. The molecule has 1 aliphatic rings. The number of amides is 1. The van der Waals surface area contributed by atoms with Gasteiger partial charge in [0.1, 0.15) is 5.82 Å². The van der Waals surface area contributed by atoms with Crippen molar-refractivity contribution in [3.8, 4) is 11.4 Å². The van der Waals surface area contributed by atoms with Crippen molar-refractivity contribution in [1.29, 1.82) is 0 Å². The van der Waals surface area contributed by atoms with Gasteiger partial charge in [-0.25, -0.2) is 9.97 Å². The number of anilines is 1. The van der Waals surface area contributed by atoms with Crippen molar-refractivity contribution < 1.29 is 9.53 Å². The van der Waals surface area contributed by atoms with E-state index in [2.05, 4.69) is 15.3 Å². The highest BCUT2D eigenvalue weighted by atomic mass is 32.1. The molecule has 8 nitrogen and oxygen atoms in total. The first kappa shape index (κ1) is 24.5. The van der Waals surface area contributed by atoms with Gasteiger partial charge in [0.2, 0.25) is 5.91 Å². The number of allylic oxidation sites excluding steroid dienone is 1. The Morgan fingerprint density at radius 2 is 2.06 bits per heavy atom. The fourth-order valence-corrected chi connectivity index (χ4v) is 3.83. The van der Waals surface area contributed by atoms with E-state index in [4.69, 9.17) is 33.2 Å². The SMILES string of the molecule is C/C=C(\CC)C(=O)NC/C=C/c1nc(-c2ccccc2/C=N\N)nc(N2CCOCC2)c1S. The number of nitrogens with one attached hydrogen (secondary N) is 1. The van der Waals surface area contributed by atoms with E-state index in [0.717, 1.165) is 35.6 Å². The molecule has 0 saturated carbocycles. The Hall–Kier alpha value is -3.17. The van der Waals surface area contributed by atoms with E-state index in [9.17, 15) is 4.79 Å². The van der Waals surface area contributed by atoms with Crippen molar-refractivity contribution in [2.45, 2.75) is 25.2 Å². The van der Waals surface area contributed by atoms with Gasteiger partial charge in [-0.3, -0.25) is 4.79 Å². The lowest BCUT2D eigenvalue weighted by Crippen LogP contribution is -2.37. The number of benzene rings is 1. The first-order chi connectivity index (χ1) is 16.1. The first-order valence-electron chi connectivity index (χ1n) is 10.9. The molecule has 0 unspecified atom stereocenters. The highest BCUT2D eigenvalue weighted by molar-refractivity contribution is 7.80. The third-order valence-corrected chi connectivity index (χ3v) is 5.72. The maximum absolute atomic E-state index is 12.2. The minimum atomic E-state index is -0.0665. The summed E-state index contributed by atoms with van der Waals surface area (Å²) in [5.74, 6) is 6.63. The van der Waals surface area contributed by atoms with E-state index in [1.54, 1.807) is 6.21 Å². The normalized spacial score (nSPS) is 14.9. The van der Waals surface area contributed by atoms with Crippen molar-refractivity contribution in [3.05, 3.63) is 53.2 Å². The number of aromatic nitrogens is 2. The van der Waals surface area contributed by atoms with Crippen LogP contribution in [-0.2, 0) is 9.53 Å². The Bertz CT molecular complexity index is 1060. The van der Waals surface area contributed by atoms with E-state index in [1.807, 2.05) is 56.3 Å². The number of carbonyl (C=O) groups is 1. The van der Waals surface area contributed by atoms with Gasteiger partial charge < -0.3 is 20.8 Å². The summed E-state index contributed by atoms with van der Waals surface area (Å²) in [5, 5.41) is 6.57. The lowest BCUT2D eigenvalue weighted by Gasteiger charge is -2.29. The van der Waals surface area contributed by atoms with Crippen LogP contribution in [-0.4, -0.2) is 54.9 Å². The molecule has 3 rings (SSSR count). The van der Waals surface area contributed by atoms with E-state index in [1.165, 1.54) is 0 Å². The summed E-state index contributed by atoms with van der Waals surface area (Å²) in [4.78, 5) is 24.6. The largest absolute Gasteiger partial charge is 0.378 e. The van der Waals surface area contributed by atoms with Crippen molar-refractivity contribution in [2.75, 3.05) is 37.7 Å². The number of ether oxygens (including phenoxy) is 1. The summed E-state index contributed by atoms with van der Waals surface area (Å²) in [6.45, 7) is 6.91. The van der Waals surface area contributed by atoms with Crippen LogP contribution in [0.1, 0.15) is 31.5 Å². The highest BCUT2D eigenvalue weighted by Crippen LogP contribution is 2.30. The predicted octanol–water partition coefficient (Wildman–Crippen LogP) is 3.05. The van der Waals surface area contributed by atoms with Gasteiger partial charge in [-0.2, -0.15) is 5.10 Å². The highest BCUT2D eigenvalue weighted by Gasteiger charge is 2.20. The number of nitrogens with zero attached hydrogens (tertiary/aromatic N) is 4. The predicted molar refractivity (Wildman–Crippen MR) is 136 cm³/mol. The van der Waals surface area contributed by atoms with Crippen molar-refractivity contribution in [2.24, 2.45) is 10.9 Å². The van der Waals surface area contributed by atoms with Crippen molar-refractivity contribution >= 4 is 36.6 Å². The van der Waals surface area contributed by atoms with Crippen molar-refractivity contribution in [3.63, 3.8) is 0 Å². The molecule has 3 N–H and O–H groups in total. The molecule has 1 aliphatic heterocycles. The monoisotopic (exact) mass is 466 g/mol. The van der Waals surface area contributed by atoms with Gasteiger partial charge in [0, 0.05) is 36.3 Å². The second-order valence-corrected chi connectivity index (χ2v) is 7.80. The minimum Gasteiger partial charge on any atom is -0.378 e. The number of thiol groups is 1. The molecule has 2 aromatic rings. The Morgan fingerprint density at radius 1 is 1.30 bits per heavy atom. The molecule has 1 fully saturated rings. The van der Waals surface area contributed by atoms with Gasteiger partial charge in [0.05, 0.1) is 30.0 Å². The van der Waals surface area contributed by atoms with Crippen molar-refractivity contribution in [1.82, 2.24) is 15.3 Å². The molecule has 0 bridgehead atoms. The molecule has 174 valence electrons. The summed E-state index contributed by atoms with van der Waals surface area (Å²) in [6, 6.07) is 7.68. The molecule has 0 aliphatic carbocycles. The van der Waals surface area contributed by atoms with Crippen LogP contribution in [0.2, 0.25) is 0 Å². The third kappa shape index (κ3) is 6.21. The van der Waals surface area contributed by atoms with Gasteiger partial charge in [-0.1, -0.05) is 43.3 Å². The lowest BCUT2D eigenvalue weighted by molar-refractivity contribution is -0.117. The zero-order valence-electron chi connectivity index (χ0n) is 19.0. The Labute approximate surface area is 200 Å². The first-order valence-corrected chi connectivity index (χ1v) is 11.4. The fraction of sp³-hybridized carbons (Fsp3) is 0.333. The Kier molecular flexibility index (Phi) is 9.03. The number of rotatable bonds is 8. The standard InChI is InChI=1S/C24H30N6O2S/c1-3-17(4-2)24(31)26-11-7-10-20-21(33)23(30-12-14-32-15-13-30)29-22(28-20)19-9-6-5-8-18(19)16-27-25/h3,5-10,16,33H,4,11-15,25H2,1-2H3,(H,26,31)/b10-7+,17-3+,27-16-. The molecule has 1 amide bonds. The summed E-state index contributed by atoms with van der Waals surface area (Å²) in [7, 11) is 0. The lowest BCUT2D eigenvalue weighted by atomic mass is 10.1. The van der Waals surface area contributed by atoms with E-state index in [0.29, 0.717) is 42.6 Å². The Morgan fingerprint density at radius 3 is 2.76 bits per heavy atom. The second-order valence-electron chi connectivity index (χ2n) is 7.35. The molecule has 0 radical (unpaired) electrons. The molecule has 1 saturated heterocycles. The molecule has 33 heavy (non-hydrogen) atoms. The maximum Gasteiger partial charge on any atom is 0.247 e. The topological polar surface area (TPSA) is 106 Å². The second kappa shape index (κ2) is 12.2. The zero-order valence-corrected chi connectivity index (χ0v) is 19.9. The number of hydrazone groups is 1. The van der Waals surface area contributed by atoms with Crippen LogP contribution in [0.3, 0.4) is 0 Å². The molecule has 2 heterocycles. The zero-order chi connectivity index (χ0) is 23.6. The summed E-state index contributed by atoms with van der Waals surface area (Å²) >= 11 is 4.75. The molecule has 0 atom stereocenters. The summed E-state index contributed by atoms with van der Waals surface area (Å²) in [6.07, 6.45) is 7.83. The number of hydrogen-bond donors (Lipinski definition) is 3. The molecule has 1 aromatic heterocycles. The van der Waals surface area contributed by atoms with Gasteiger partial charge in [0.25, 0.3) is 0 Å². The molecular formula is C24H30N6O2S. The average Bonchev–Trinajstić information content (AvgIpc) is 2.84. The van der Waals surface area contributed by atoms with Gasteiger partial charge in [-0.15, -0.1) is 12.6 Å². The smallest absolute Gasteiger partial charge is 0.247 e. The molecule has 0 spiro atoms. The van der Waals surface area contributed by atoms with Gasteiger partial charge in [0.15, 0.2) is 5.82 Å². The summed E-state index contributed by atoms with van der Waals surface area (Å²) in [5.41, 5.74) is 3.06. The number of carbonyl (C=O) groups excluding carboxylic acids is 1. The number of nitrogens with two attached hydrogens (primary N) is 1. The molecule has 9 heteroatoms. The minimum absolute atomic E-state index is 0.0665. The van der Waals surface area contributed by atoms with E-state index < -0.39 is 0 Å². The third-order valence-electron chi connectivity index (χ3n) is 5.30. The molecule has 1 aromatic carbocycles. The van der Waals surface area contributed by atoms with Crippen LogP contribution in [0.15, 0.2) is 52.0 Å². The molecular weight excluding hydrogens is 436 g/mol. The van der Waals surface area contributed by atoms with Crippen LogP contribution in [0.5, 0.6) is 0 Å². The van der Waals surface area contributed by atoms with Crippen LogP contribution in [0.4, 0.5) is 5.82 Å². The van der Waals surface area contributed by atoms with Gasteiger partial charge in [-0.05, 0) is 19.4 Å².